The number of ketones is 1. The Hall–Kier alpha value is -2.26. The summed E-state index contributed by atoms with van der Waals surface area (Å²) in [5.74, 6) is -0.0926. The number of rotatable bonds is 2. The third kappa shape index (κ3) is 1.96. The van der Waals surface area contributed by atoms with Crippen LogP contribution in [0.5, 0.6) is 0 Å². The number of nitrogens with two attached hydrogens (primary N) is 1. The molecule has 0 aliphatic rings. The van der Waals surface area contributed by atoms with Gasteiger partial charge in [0.25, 0.3) is 0 Å². The number of carbonyl (C=O) groups excluding carboxylic acids is 1. The maximum absolute atomic E-state index is 12.7. The third-order valence-corrected chi connectivity index (χ3v) is 3.67. The van der Waals surface area contributed by atoms with Crippen molar-refractivity contribution in [1.29, 1.82) is 0 Å². The lowest BCUT2D eigenvalue weighted by molar-refractivity contribution is 0.104. The lowest BCUT2D eigenvalue weighted by Gasteiger charge is -2.05. The highest BCUT2D eigenvalue weighted by Gasteiger charge is 2.19. The second kappa shape index (κ2) is 4.69. The fourth-order valence-corrected chi connectivity index (χ4v) is 2.69. The van der Waals surface area contributed by atoms with Gasteiger partial charge in [0.2, 0.25) is 0 Å². The Morgan fingerprint density at radius 3 is 2.70 bits per heavy atom. The number of H-pyrrole nitrogens is 1. The first-order chi connectivity index (χ1) is 9.58. The highest BCUT2D eigenvalue weighted by molar-refractivity contribution is 6.36. The SMILES string of the molecule is Cc1[nH]c2ccccc2c1C(=O)c1ccc(N)cc1Cl. The molecule has 1 aromatic heterocycles. The van der Waals surface area contributed by atoms with Gasteiger partial charge in [0.05, 0.1) is 10.6 Å². The molecule has 3 nitrogen and oxygen atoms in total. The Morgan fingerprint density at radius 2 is 1.95 bits per heavy atom. The molecule has 0 amide bonds. The van der Waals surface area contributed by atoms with Gasteiger partial charge in [-0.2, -0.15) is 0 Å². The number of anilines is 1. The second-order valence-corrected chi connectivity index (χ2v) is 5.15. The molecule has 0 aliphatic carbocycles. The van der Waals surface area contributed by atoms with Crippen LogP contribution in [0.2, 0.25) is 5.02 Å². The molecular weight excluding hydrogens is 272 g/mol. The van der Waals surface area contributed by atoms with Gasteiger partial charge in [-0.3, -0.25) is 4.79 Å². The van der Waals surface area contributed by atoms with Gasteiger partial charge in [0, 0.05) is 27.8 Å². The quantitative estimate of drug-likeness (QED) is 0.553. The first-order valence-electron chi connectivity index (χ1n) is 6.25. The van der Waals surface area contributed by atoms with E-state index >= 15 is 0 Å². The molecule has 0 atom stereocenters. The van der Waals surface area contributed by atoms with E-state index in [0.717, 1.165) is 16.6 Å². The number of para-hydroxylation sites is 1. The summed E-state index contributed by atoms with van der Waals surface area (Å²) in [5.41, 5.74) is 9.12. The Kier molecular flexibility index (Phi) is 2.99. The minimum absolute atomic E-state index is 0.0926. The van der Waals surface area contributed by atoms with E-state index in [1.165, 1.54) is 0 Å². The van der Waals surface area contributed by atoms with Crippen molar-refractivity contribution in [3.8, 4) is 0 Å². The number of fused-ring (bicyclic) bond motifs is 1. The highest BCUT2D eigenvalue weighted by Crippen LogP contribution is 2.28. The number of carbonyl (C=O) groups is 1. The summed E-state index contributed by atoms with van der Waals surface area (Å²) in [4.78, 5) is 15.9. The summed E-state index contributed by atoms with van der Waals surface area (Å²) in [6, 6.07) is 12.7. The zero-order valence-corrected chi connectivity index (χ0v) is 11.7. The number of nitrogen functional groups attached to an aromatic ring is 1. The zero-order chi connectivity index (χ0) is 14.3. The van der Waals surface area contributed by atoms with Gasteiger partial charge in [-0.25, -0.2) is 0 Å². The number of aromatic amines is 1. The van der Waals surface area contributed by atoms with Gasteiger partial charge < -0.3 is 10.7 Å². The molecule has 0 radical (unpaired) electrons. The normalized spacial score (nSPS) is 10.9. The van der Waals surface area contributed by atoms with Crippen molar-refractivity contribution in [2.24, 2.45) is 0 Å². The van der Waals surface area contributed by atoms with Crippen molar-refractivity contribution in [2.75, 3.05) is 5.73 Å². The van der Waals surface area contributed by atoms with E-state index in [0.29, 0.717) is 21.8 Å². The minimum Gasteiger partial charge on any atom is -0.399 e. The van der Waals surface area contributed by atoms with Gasteiger partial charge in [0.15, 0.2) is 5.78 Å². The number of hydrogen-bond donors (Lipinski definition) is 2. The first-order valence-corrected chi connectivity index (χ1v) is 6.63. The number of hydrogen-bond acceptors (Lipinski definition) is 2. The Labute approximate surface area is 121 Å². The summed E-state index contributed by atoms with van der Waals surface area (Å²) >= 11 is 6.13. The van der Waals surface area contributed by atoms with Gasteiger partial charge in [-0.1, -0.05) is 29.8 Å². The Morgan fingerprint density at radius 1 is 1.20 bits per heavy atom. The van der Waals surface area contributed by atoms with E-state index in [2.05, 4.69) is 4.98 Å². The van der Waals surface area contributed by atoms with Crippen LogP contribution in [0.25, 0.3) is 10.9 Å². The van der Waals surface area contributed by atoms with Crippen LogP contribution in [0.4, 0.5) is 5.69 Å². The zero-order valence-electron chi connectivity index (χ0n) is 10.9. The van der Waals surface area contributed by atoms with Crippen LogP contribution < -0.4 is 5.73 Å². The molecule has 2 aromatic carbocycles. The summed E-state index contributed by atoms with van der Waals surface area (Å²) < 4.78 is 0. The molecule has 0 aliphatic heterocycles. The smallest absolute Gasteiger partial charge is 0.196 e. The lowest BCUT2D eigenvalue weighted by atomic mass is 10.00. The van der Waals surface area contributed by atoms with Crippen molar-refractivity contribution < 1.29 is 4.79 Å². The molecular formula is C16H13ClN2O. The fraction of sp³-hybridized carbons (Fsp3) is 0.0625. The molecule has 1 heterocycles. The molecule has 3 N–H and O–H groups in total. The van der Waals surface area contributed by atoms with Crippen LogP contribution in [0.3, 0.4) is 0 Å². The van der Waals surface area contributed by atoms with Crippen LogP contribution in [-0.2, 0) is 0 Å². The summed E-state index contributed by atoms with van der Waals surface area (Å²) in [6.07, 6.45) is 0. The lowest BCUT2D eigenvalue weighted by Crippen LogP contribution is -2.04. The largest absolute Gasteiger partial charge is 0.399 e. The van der Waals surface area contributed by atoms with Gasteiger partial charge in [-0.15, -0.1) is 0 Å². The van der Waals surface area contributed by atoms with E-state index in [-0.39, 0.29) is 5.78 Å². The Bertz CT molecular complexity index is 820. The van der Waals surface area contributed by atoms with Crippen LogP contribution in [0, 0.1) is 6.92 Å². The maximum Gasteiger partial charge on any atom is 0.196 e. The predicted octanol–water partition coefficient (Wildman–Crippen LogP) is 3.94. The van der Waals surface area contributed by atoms with E-state index in [9.17, 15) is 4.79 Å². The highest BCUT2D eigenvalue weighted by atomic mass is 35.5. The summed E-state index contributed by atoms with van der Waals surface area (Å²) in [7, 11) is 0. The minimum atomic E-state index is -0.0926. The molecule has 0 saturated heterocycles. The van der Waals surface area contributed by atoms with Crippen LogP contribution in [0.1, 0.15) is 21.6 Å². The molecule has 20 heavy (non-hydrogen) atoms. The number of aromatic nitrogens is 1. The van der Waals surface area contributed by atoms with Crippen LogP contribution in [0.15, 0.2) is 42.5 Å². The van der Waals surface area contributed by atoms with Crippen molar-refractivity contribution in [3.63, 3.8) is 0 Å². The van der Waals surface area contributed by atoms with E-state index in [4.69, 9.17) is 17.3 Å². The van der Waals surface area contributed by atoms with Crippen LogP contribution >= 0.6 is 11.6 Å². The molecule has 0 bridgehead atoms. The van der Waals surface area contributed by atoms with Gasteiger partial charge >= 0.3 is 0 Å². The van der Waals surface area contributed by atoms with E-state index in [1.807, 2.05) is 31.2 Å². The average molecular weight is 285 g/mol. The number of benzene rings is 2. The molecule has 3 aromatic rings. The fourth-order valence-electron chi connectivity index (χ4n) is 2.42. The molecule has 0 unspecified atom stereocenters. The average Bonchev–Trinajstić information content (AvgIpc) is 2.73. The van der Waals surface area contributed by atoms with Crippen molar-refractivity contribution >= 4 is 34.0 Å². The van der Waals surface area contributed by atoms with E-state index in [1.54, 1.807) is 18.2 Å². The van der Waals surface area contributed by atoms with Crippen LogP contribution in [-0.4, -0.2) is 10.8 Å². The van der Waals surface area contributed by atoms with E-state index < -0.39 is 0 Å². The first kappa shape index (κ1) is 12.8. The van der Waals surface area contributed by atoms with Crippen molar-refractivity contribution in [2.45, 2.75) is 6.92 Å². The second-order valence-electron chi connectivity index (χ2n) is 4.74. The molecule has 100 valence electrons. The van der Waals surface area contributed by atoms with Gasteiger partial charge in [-0.05, 0) is 31.2 Å². The molecule has 0 saturated carbocycles. The summed E-state index contributed by atoms with van der Waals surface area (Å²) in [5, 5.41) is 1.28. The Balaban J connectivity index is 2.20. The number of nitrogens with one attached hydrogen (secondary N) is 1. The number of aryl methyl sites for hydroxylation is 1. The molecule has 0 spiro atoms. The predicted molar refractivity (Wildman–Crippen MR) is 82.3 cm³/mol. The standard InChI is InChI=1S/C16H13ClN2O/c1-9-15(12-4-2-3-5-14(12)19-9)16(20)11-7-6-10(18)8-13(11)17/h2-8,19H,18H2,1H3. The third-order valence-electron chi connectivity index (χ3n) is 3.36. The van der Waals surface area contributed by atoms with Crippen molar-refractivity contribution in [3.05, 3.63) is 64.3 Å². The molecule has 4 heteroatoms. The number of halogens is 1. The summed E-state index contributed by atoms with van der Waals surface area (Å²) in [6.45, 7) is 1.89. The van der Waals surface area contributed by atoms with Gasteiger partial charge in [0.1, 0.15) is 0 Å². The van der Waals surface area contributed by atoms with Crippen molar-refractivity contribution in [1.82, 2.24) is 4.98 Å². The molecule has 3 rings (SSSR count). The monoisotopic (exact) mass is 284 g/mol. The maximum atomic E-state index is 12.7. The molecule has 0 fully saturated rings. The topological polar surface area (TPSA) is 58.9 Å².